The van der Waals surface area contributed by atoms with Gasteiger partial charge in [-0.25, -0.2) is 0 Å². The number of carbonyl (C=O) groups excluding carboxylic acids is 2. The fourth-order valence-corrected chi connectivity index (χ4v) is 2.66. The normalized spacial score (nSPS) is 11.0. The lowest BCUT2D eigenvalue weighted by Crippen LogP contribution is -2.49. The van der Waals surface area contributed by atoms with Crippen molar-refractivity contribution < 1.29 is 14.3 Å². The van der Waals surface area contributed by atoms with E-state index in [4.69, 9.17) is 4.74 Å². The molecule has 0 aromatic heterocycles. The zero-order valence-corrected chi connectivity index (χ0v) is 14.4. The molecule has 0 aliphatic rings. The minimum absolute atomic E-state index is 0.0793. The molecule has 24 heavy (non-hydrogen) atoms. The third kappa shape index (κ3) is 4.22. The van der Waals surface area contributed by atoms with Gasteiger partial charge >= 0.3 is 5.97 Å². The second-order valence-corrected chi connectivity index (χ2v) is 6.14. The van der Waals surface area contributed by atoms with Gasteiger partial charge in [-0.05, 0) is 25.0 Å². The quantitative estimate of drug-likeness (QED) is 0.767. The van der Waals surface area contributed by atoms with Crippen LogP contribution in [0.2, 0.25) is 0 Å². The monoisotopic (exact) mass is 325 g/mol. The van der Waals surface area contributed by atoms with Crippen LogP contribution in [-0.2, 0) is 26.3 Å². The van der Waals surface area contributed by atoms with Crippen molar-refractivity contribution in [3.63, 3.8) is 0 Å². The van der Waals surface area contributed by atoms with Crippen molar-refractivity contribution in [3.05, 3.63) is 71.8 Å². The lowest BCUT2D eigenvalue weighted by Gasteiger charge is -2.38. The van der Waals surface area contributed by atoms with E-state index in [-0.39, 0.29) is 18.9 Å². The van der Waals surface area contributed by atoms with Crippen molar-refractivity contribution in [2.24, 2.45) is 0 Å². The Morgan fingerprint density at radius 2 is 1.50 bits per heavy atom. The van der Waals surface area contributed by atoms with E-state index in [1.165, 1.54) is 7.11 Å². The number of hydrogen-bond acceptors (Lipinski definition) is 3. The maximum absolute atomic E-state index is 12.9. The summed E-state index contributed by atoms with van der Waals surface area (Å²) in [6.45, 7) is 3.80. The van der Waals surface area contributed by atoms with E-state index < -0.39 is 11.5 Å². The highest BCUT2D eigenvalue weighted by molar-refractivity contribution is 5.84. The number of carbonyl (C=O) groups is 2. The van der Waals surface area contributed by atoms with Gasteiger partial charge in [-0.15, -0.1) is 0 Å². The Morgan fingerprint density at radius 3 is 2.04 bits per heavy atom. The van der Waals surface area contributed by atoms with Crippen LogP contribution in [0.3, 0.4) is 0 Å². The molecule has 2 rings (SSSR count). The van der Waals surface area contributed by atoms with Crippen LogP contribution in [0.4, 0.5) is 0 Å². The Hall–Kier alpha value is -2.62. The van der Waals surface area contributed by atoms with Gasteiger partial charge in [-0.3, -0.25) is 9.59 Å². The topological polar surface area (TPSA) is 46.6 Å². The fourth-order valence-electron chi connectivity index (χ4n) is 2.66. The summed E-state index contributed by atoms with van der Waals surface area (Å²) in [5.74, 6) is -0.541. The Labute approximate surface area is 143 Å². The third-order valence-electron chi connectivity index (χ3n) is 4.17. The summed E-state index contributed by atoms with van der Waals surface area (Å²) in [5, 5.41) is 0. The van der Waals surface area contributed by atoms with Crippen molar-refractivity contribution >= 4 is 11.9 Å². The molecule has 0 aliphatic carbocycles. The molecule has 0 saturated carbocycles. The molecule has 0 N–H and O–H groups in total. The Balaban J connectivity index is 2.30. The standard InChI is InChI=1S/C20H23NO3/c1-20(2,17-12-8-5-9-13-17)21(15-19(23)24-3)18(22)14-16-10-6-4-7-11-16/h4-13H,14-15H2,1-3H3. The number of methoxy groups -OCH3 is 1. The Kier molecular flexibility index (Phi) is 5.74. The van der Waals surface area contributed by atoms with Crippen LogP contribution in [-0.4, -0.2) is 30.4 Å². The van der Waals surface area contributed by atoms with Crippen LogP contribution >= 0.6 is 0 Å². The van der Waals surface area contributed by atoms with Gasteiger partial charge in [-0.2, -0.15) is 0 Å². The molecule has 4 nitrogen and oxygen atoms in total. The molecule has 0 atom stereocenters. The summed E-state index contributed by atoms with van der Waals surface area (Å²) in [4.78, 5) is 26.3. The molecule has 0 unspecified atom stereocenters. The van der Waals surface area contributed by atoms with E-state index in [2.05, 4.69) is 0 Å². The lowest BCUT2D eigenvalue weighted by molar-refractivity contribution is -0.151. The van der Waals surface area contributed by atoms with Gasteiger partial charge in [0.2, 0.25) is 5.91 Å². The van der Waals surface area contributed by atoms with Crippen LogP contribution in [0, 0.1) is 0 Å². The highest BCUT2D eigenvalue weighted by atomic mass is 16.5. The summed E-state index contributed by atoms with van der Waals surface area (Å²) >= 11 is 0. The summed E-state index contributed by atoms with van der Waals surface area (Å²) in [5.41, 5.74) is 1.26. The van der Waals surface area contributed by atoms with Crippen molar-refractivity contribution in [1.82, 2.24) is 4.90 Å². The van der Waals surface area contributed by atoms with E-state index in [0.29, 0.717) is 0 Å². The van der Waals surface area contributed by atoms with E-state index in [0.717, 1.165) is 11.1 Å². The van der Waals surface area contributed by atoms with Crippen LogP contribution in [0.15, 0.2) is 60.7 Å². The second-order valence-electron chi connectivity index (χ2n) is 6.14. The molecule has 0 radical (unpaired) electrons. The molecule has 4 heteroatoms. The molecule has 0 spiro atoms. The molecule has 0 aliphatic heterocycles. The van der Waals surface area contributed by atoms with Gasteiger partial charge in [0.05, 0.1) is 19.1 Å². The number of nitrogens with zero attached hydrogens (tertiary/aromatic N) is 1. The van der Waals surface area contributed by atoms with E-state index >= 15 is 0 Å². The Morgan fingerprint density at radius 1 is 0.958 bits per heavy atom. The van der Waals surface area contributed by atoms with Crippen molar-refractivity contribution in [3.8, 4) is 0 Å². The largest absolute Gasteiger partial charge is 0.468 e. The molecular formula is C20H23NO3. The van der Waals surface area contributed by atoms with Gasteiger partial charge in [0, 0.05) is 0 Å². The first-order chi connectivity index (χ1) is 11.4. The SMILES string of the molecule is COC(=O)CN(C(=O)Cc1ccccc1)C(C)(C)c1ccccc1. The minimum Gasteiger partial charge on any atom is -0.468 e. The Bertz CT molecular complexity index is 681. The first-order valence-electron chi connectivity index (χ1n) is 7.92. The predicted molar refractivity (Wildman–Crippen MR) is 93.3 cm³/mol. The van der Waals surface area contributed by atoms with Crippen molar-refractivity contribution in [1.29, 1.82) is 0 Å². The number of hydrogen-bond donors (Lipinski definition) is 0. The first kappa shape index (κ1) is 17.7. The third-order valence-corrected chi connectivity index (χ3v) is 4.17. The predicted octanol–water partition coefficient (Wildman–Crippen LogP) is 3.17. The zero-order valence-electron chi connectivity index (χ0n) is 14.4. The van der Waals surface area contributed by atoms with Crippen LogP contribution in [0.5, 0.6) is 0 Å². The average molecular weight is 325 g/mol. The highest BCUT2D eigenvalue weighted by Gasteiger charge is 2.34. The van der Waals surface area contributed by atoms with Crippen LogP contribution < -0.4 is 0 Å². The summed E-state index contributed by atoms with van der Waals surface area (Å²) in [7, 11) is 1.33. The molecule has 1 amide bonds. The van der Waals surface area contributed by atoms with Gasteiger partial charge in [0.1, 0.15) is 6.54 Å². The summed E-state index contributed by atoms with van der Waals surface area (Å²) in [6, 6.07) is 19.2. The van der Waals surface area contributed by atoms with E-state index in [9.17, 15) is 9.59 Å². The number of ether oxygens (including phenoxy) is 1. The van der Waals surface area contributed by atoms with E-state index in [1.807, 2.05) is 74.5 Å². The minimum atomic E-state index is -0.624. The highest BCUT2D eigenvalue weighted by Crippen LogP contribution is 2.28. The lowest BCUT2D eigenvalue weighted by atomic mass is 9.91. The van der Waals surface area contributed by atoms with Crippen molar-refractivity contribution in [2.45, 2.75) is 25.8 Å². The van der Waals surface area contributed by atoms with Gasteiger partial charge < -0.3 is 9.64 Å². The zero-order chi connectivity index (χ0) is 17.6. The molecule has 0 saturated heterocycles. The molecule has 126 valence electrons. The van der Waals surface area contributed by atoms with Gasteiger partial charge in [0.15, 0.2) is 0 Å². The molecule has 2 aromatic carbocycles. The van der Waals surface area contributed by atoms with Crippen LogP contribution in [0.25, 0.3) is 0 Å². The number of benzene rings is 2. The molecule has 0 fully saturated rings. The number of esters is 1. The molecule has 0 bridgehead atoms. The average Bonchev–Trinajstić information content (AvgIpc) is 2.60. The smallest absolute Gasteiger partial charge is 0.325 e. The summed E-state index contributed by atoms with van der Waals surface area (Å²) in [6.07, 6.45) is 0.244. The fraction of sp³-hybridized carbons (Fsp3) is 0.300. The van der Waals surface area contributed by atoms with E-state index in [1.54, 1.807) is 4.90 Å². The second kappa shape index (κ2) is 7.77. The number of amides is 1. The van der Waals surface area contributed by atoms with Crippen molar-refractivity contribution in [2.75, 3.05) is 13.7 Å². The molecular weight excluding hydrogens is 302 g/mol. The first-order valence-corrected chi connectivity index (χ1v) is 7.92. The molecule has 2 aromatic rings. The molecule has 0 heterocycles. The summed E-state index contributed by atoms with van der Waals surface area (Å²) < 4.78 is 4.78. The maximum Gasteiger partial charge on any atom is 0.325 e. The maximum atomic E-state index is 12.9. The number of rotatable bonds is 6. The van der Waals surface area contributed by atoms with Gasteiger partial charge in [-0.1, -0.05) is 60.7 Å². The van der Waals surface area contributed by atoms with Gasteiger partial charge in [0.25, 0.3) is 0 Å². The van der Waals surface area contributed by atoms with Crippen LogP contribution in [0.1, 0.15) is 25.0 Å².